The molecule has 0 spiro atoms. The zero-order valence-electron chi connectivity index (χ0n) is 19.1. The fourth-order valence-electron chi connectivity index (χ4n) is 4.44. The summed E-state index contributed by atoms with van der Waals surface area (Å²) in [5.41, 5.74) is 6.93. The van der Waals surface area contributed by atoms with Crippen molar-refractivity contribution in [2.24, 2.45) is 0 Å². The molecular weight excluding hydrogens is 424 g/mol. The fraction of sp³-hybridized carbons (Fsp3) is 0.167. The molecule has 33 heavy (non-hydrogen) atoms. The third kappa shape index (κ3) is 4.17. The lowest BCUT2D eigenvalue weighted by molar-refractivity contribution is 0.0600. The maximum atomic E-state index is 11.7. The van der Waals surface area contributed by atoms with Gasteiger partial charge in [0.1, 0.15) is 0 Å². The summed E-state index contributed by atoms with van der Waals surface area (Å²) in [5, 5.41) is 1.30. The first-order chi connectivity index (χ1) is 15.9. The molecule has 164 valence electrons. The number of hydrogen-bond acceptors (Lipinski definition) is 3. The van der Waals surface area contributed by atoms with Crippen LogP contribution in [0, 0.1) is 0 Å². The van der Waals surface area contributed by atoms with Crippen LogP contribution in [0.1, 0.15) is 57.8 Å². The second-order valence-electron chi connectivity index (χ2n) is 9.11. The minimum atomic E-state index is -0.316. The van der Waals surface area contributed by atoms with Crippen LogP contribution in [-0.2, 0) is 10.2 Å². The predicted octanol–water partition coefficient (Wildman–Crippen LogP) is 7.97. The number of rotatable bonds is 4. The molecule has 0 amide bonds. The molecular formula is C30H26O2S. The van der Waals surface area contributed by atoms with Crippen molar-refractivity contribution >= 4 is 45.1 Å². The molecule has 0 radical (unpaired) electrons. The third-order valence-electron chi connectivity index (χ3n) is 6.37. The van der Waals surface area contributed by atoms with E-state index in [0.717, 1.165) is 17.5 Å². The topological polar surface area (TPSA) is 26.3 Å². The van der Waals surface area contributed by atoms with Crippen molar-refractivity contribution in [2.75, 3.05) is 7.11 Å². The molecule has 0 saturated heterocycles. The van der Waals surface area contributed by atoms with E-state index in [1.165, 1.54) is 38.8 Å². The second-order valence-corrected chi connectivity index (χ2v) is 10.2. The molecule has 0 fully saturated rings. The fourth-order valence-corrected chi connectivity index (χ4v) is 5.56. The lowest BCUT2D eigenvalue weighted by Crippen LogP contribution is -2.21. The monoisotopic (exact) mass is 450 g/mol. The maximum Gasteiger partial charge on any atom is 0.337 e. The van der Waals surface area contributed by atoms with E-state index in [0.29, 0.717) is 5.56 Å². The number of methoxy groups -OCH3 is 1. The van der Waals surface area contributed by atoms with Crippen molar-refractivity contribution in [3.63, 3.8) is 0 Å². The van der Waals surface area contributed by atoms with E-state index in [1.54, 1.807) is 12.1 Å². The van der Waals surface area contributed by atoms with Gasteiger partial charge in [-0.15, -0.1) is 11.3 Å². The highest BCUT2D eigenvalue weighted by atomic mass is 32.1. The summed E-state index contributed by atoms with van der Waals surface area (Å²) in [4.78, 5) is 13.0. The van der Waals surface area contributed by atoms with Crippen molar-refractivity contribution in [2.45, 2.75) is 25.7 Å². The van der Waals surface area contributed by atoms with Gasteiger partial charge in [0.05, 0.1) is 12.7 Å². The molecule has 5 rings (SSSR count). The molecule has 0 saturated carbocycles. The number of ether oxygens (including phenoxy) is 1. The molecule has 2 nitrogen and oxygen atoms in total. The van der Waals surface area contributed by atoms with Crippen molar-refractivity contribution in [1.82, 2.24) is 0 Å². The van der Waals surface area contributed by atoms with Crippen molar-refractivity contribution in [3.05, 3.63) is 112 Å². The molecule has 0 unspecified atom stereocenters. The summed E-state index contributed by atoms with van der Waals surface area (Å²) in [6.45, 7) is 4.64. The van der Waals surface area contributed by atoms with Crippen molar-refractivity contribution in [3.8, 4) is 0 Å². The minimum Gasteiger partial charge on any atom is -0.465 e. The average molecular weight is 451 g/mol. The third-order valence-corrected chi connectivity index (χ3v) is 7.52. The van der Waals surface area contributed by atoms with Gasteiger partial charge in [0.25, 0.3) is 0 Å². The Morgan fingerprint density at radius 2 is 1.67 bits per heavy atom. The summed E-state index contributed by atoms with van der Waals surface area (Å²) < 4.78 is 6.10. The van der Waals surface area contributed by atoms with E-state index >= 15 is 0 Å². The zero-order chi connectivity index (χ0) is 23.0. The summed E-state index contributed by atoms with van der Waals surface area (Å²) in [6, 6.07) is 25.2. The summed E-state index contributed by atoms with van der Waals surface area (Å²) in [7, 11) is 1.40. The Kier molecular flexibility index (Phi) is 5.51. The van der Waals surface area contributed by atoms with Crippen LogP contribution in [0.2, 0.25) is 0 Å². The first-order valence-corrected chi connectivity index (χ1v) is 12.0. The molecule has 0 aliphatic heterocycles. The van der Waals surface area contributed by atoms with Gasteiger partial charge in [-0.25, -0.2) is 4.79 Å². The molecule has 0 N–H and O–H groups in total. The van der Waals surface area contributed by atoms with Gasteiger partial charge < -0.3 is 4.74 Å². The number of fused-ring (bicyclic) bond motifs is 2. The molecule has 1 heterocycles. The van der Waals surface area contributed by atoms with E-state index in [2.05, 4.69) is 80.6 Å². The van der Waals surface area contributed by atoms with Gasteiger partial charge in [0.2, 0.25) is 0 Å². The largest absolute Gasteiger partial charge is 0.465 e. The smallest absolute Gasteiger partial charge is 0.337 e. The Bertz CT molecular complexity index is 1370. The molecule has 1 aromatic heterocycles. The number of carbonyl (C=O) groups is 1. The first-order valence-electron chi connectivity index (χ1n) is 11.2. The number of hydrogen-bond donors (Lipinski definition) is 0. The Morgan fingerprint density at radius 1 is 0.939 bits per heavy atom. The van der Waals surface area contributed by atoms with Gasteiger partial charge >= 0.3 is 5.97 Å². The highest BCUT2D eigenvalue weighted by Gasteiger charge is 2.29. The highest BCUT2D eigenvalue weighted by Crippen LogP contribution is 2.44. The van der Waals surface area contributed by atoms with Crippen LogP contribution in [0.4, 0.5) is 0 Å². The predicted molar refractivity (Wildman–Crippen MR) is 140 cm³/mol. The van der Waals surface area contributed by atoms with Gasteiger partial charge in [-0.1, -0.05) is 74.5 Å². The van der Waals surface area contributed by atoms with E-state index in [9.17, 15) is 4.79 Å². The van der Waals surface area contributed by atoms with Crippen LogP contribution in [0.15, 0.2) is 78.9 Å². The number of thiophene rings is 1. The second kappa shape index (κ2) is 8.49. The molecule has 0 bridgehead atoms. The van der Waals surface area contributed by atoms with Gasteiger partial charge in [-0.3, -0.25) is 0 Å². The minimum absolute atomic E-state index is 0.113. The van der Waals surface area contributed by atoms with Crippen LogP contribution in [0.5, 0.6) is 0 Å². The lowest BCUT2D eigenvalue weighted by atomic mass is 9.72. The Morgan fingerprint density at radius 3 is 2.42 bits per heavy atom. The van der Waals surface area contributed by atoms with Crippen LogP contribution in [0.25, 0.3) is 27.8 Å². The van der Waals surface area contributed by atoms with Crippen molar-refractivity contribution in [1.29, 1.82) is 0 Å². The standard InChI is InChI=1S/C30H26O2S/c1-30(2)17-16-24(28-19-23-6-4-5-7-27(23)33-28)25-18-21(12-15-26(25)30)9-8-20-10-13-22(14-11-20)29(31)32-3/h4-16,18-19H,17H2,1-3H3. The number of benzene rings is 3. The van der Waals surface area contributed by atoms with Crippen LogP contribution >= 0.6 is 11.3 Å². The SMILES string of the molecule is COC(=O)c1ccc(C=Cc2ccc3c(c2)C(c2cc4ccccc4s2)=CCC3(C)C)cc1. The number of carbonyl (C=O) groups excluding carboxylic acids is 1. The summed E-state index contributed by atoms with van der Waals surface area (Å²) in [6.07, 6.45) is 7.66. The number of esters is 1. The lowest BCUT2D eigenvalue weighted by Gasteiger charge is -2.32. The van der Waals surface area contributed by atoms with Crippen LogP contribution in [-0.4, -0.2) is 13.1 Å². The molecule has 0 atom stereocenters. The Balaban J connectivity index is 1.50. The quantitative estimate of drug-likeness (QED) is 0.233. The zero-order valence-corrected chi connectivity index (χ0v) is 19.9. The Labute approximate surface area is 198 Å². The first kappa shape index (κ1) is 21.4. The molecule has 4 aromatic rings. The molecule has 3 aromatic carbocycles. The van der Waals surface area contributed by atoms with Gasteiger partial charge in [-0.05, 0) is 75.4 Å². The van der Waals surface area contributed by atoms with Crippen LogP contribution < -0.4 is 0 Å². The van der Waals surface area contributed by atoms with Gasteiger partial charge in [0.15, 0.2) is 0 Å². The van der Waals surface area contributed by atoms with E-state index in [4.69, 9.17) is 4.74 Å². The molecule has 1 aliphatic carbocycles. The van der Waals surface area contributed by atoms with Gasteiger partial charge in [0, 0.05) is 9.58 Å². The van der Waals surface area contributed by atoms with E-state index in [-0.39, 0.29) is 11.4 Å². The molecule has 3 heteroatoms. The average Bonchev–Trinajstić information content (AvgIpc) is 3.26. The van der Waals surface area contributed by atoms with Crippen LogP contribution in [0.3, 0.4) is 0 Å². The normalized spacial score (nSPS) is 14.8. The maximum absolute atomic E-state index is 11.7. The van der Waals surface area contributed by atoms with E-state index in [1.807, 2.05) is 23.5 Å². The van der Waals surface area contributed by atoms with Gasteiger partial charge in [-0.2, -0.15) is 0 Å². The van der Waals surface area contributed by atoms with E-state index < -0.39 is 0 Å². The highest BCUT2D eigenvalue weighted by molar-refractivity contribution is 7.20. The number of allylic oxidation sites excluding steroid dienone is 1. The molecule has 1 aliphatic rings. The summed E-state index contributed by atoms with van der Waals surface area (Å²) >= 11 is 1.87. The van der Waals surface area contributed by atoms with Crippen molar-refractivity contribution < 1.29 is 9.53 Å². The summed E-state index contributed by atoms with van der Waals surface area (Å²) in [5.74, 6) is -0.316. The Hall–Kier alpha value is -3.43.